The van der Waals surface area contributed by atoms with E-state index >= 15 is 0 Å². The van der Waals surface area contributed by atoms with Gasteiger partial charge in [-0.15, -0.1) is 0 Å². The Hall–Kier alpha value is -1.64. The van der Waals surface area contributed by atoms with Gasteiger partial charge in [-0.25, -0.2) is 13.1 Å². The lowest BCUT2D eigenvalue weighted by atomic mass is 10.1. The minimum atomic E-state index is -3.92. The zero-order chi connectivity index (χ0) is 20.9. The van der Waals surface area contributed by atoms with Crippen molar-refractivity contribution in [2.45, 2.75) is 30.3 Å². The van der Waals surface area contributed by atoms with Gasteiger partial charge in [-0.1, -0.05) is 53.5 Å². The van der Waals surface area contributed by atoms with E-state index in [1.54, 1.807) is 0 Å². The van der Waals surface area contributed by atoms with E-state index in [-0.39, 0.29) is 33.2 Å². The number of ether oxygens (including phenoxy) is 1. The molecular formula is C20H22Cl2N2O4S. The molecule has 0 saturated carbocycles. The Morgan fingerprint density at radius 2 is 1.90 bits per heavy atom. The molecule has 2 aromatic rings. The molecule has 0 unspecified atom stereocenters. The Morgan fingerprint density at radius 1 is 1.14 bits per heavy atom. The second-order valence-electron chi connectivity index (χ2n) is 6.74. The molecule has 2 N–H and O–H groups in total. The van der Waals surface area contributed by atoms with Crippen LogP contribution in [0, 0.1) is 0 Å². The van der Waals surface area contributed by atoms with E-state index in [0.717, 1.165) is 18.4 Å². The van der Waals surface area contributed by atoms with Crippen molar-refractivity contribution in [1.82, 2.24) is 10.0 Å². The fourth-order valence-corrected chi connectivity index (χ4v) is 4.98. The summed E-state index contributed by atoms with van der Waals surface area (Å²) >= 11 is 12.2. The lowest BCUT2D eigenvalue weighted by Crippen LogP contribution is -2.32. The standard InChI is InChI=1S/C20H22Cl2N2O4S/c21-17-12-18(22)19(29(26,27)24-13-15-7-4-10-28-15)11-16(17)20(25)23-9-8-14-5-2-1-3-6-14/h1-3,5-6,11-12,15,24H,4,7-10,13H2,(H,23,25)/t15-/m0/s1. The molecule has 1 aliphatic rings. The smallest absolute Gasteiger partial charge is 0.252 e. The van der Waals surface area contributed by atoms with Gasteiger partial charge in [-0.3, -0.25) is 4.79 Å². The molecule has 1 aliphatic heterocycles. The molecule has 6 nitrogen and oxygen atoms in total. The van der Waals surface area contributed by atoms with Crippen molar-refractivity contribution in [3.05, 3.63) is 63.6 Å². The molecule has 29 heavy (non-hydrogen) atoms. The average Bonchev–Trinajstić information content (AvgIpc) is 3.21. The van der Waals surface area contributed by atoms with E-state index in [0.29, 0.717) is 19.6 Å². The zero-order valence-corrected chi connectivity index (χ0v) is 18.0. The molecule has 0 spiro atoms. The maximum atomic E-state index is 12.7. The third-order valence-corrected chi connectivity index (χ3v) is 6.82. The van der Waals surface area contributed by atoms with E-state index in [4.69, 9.17) is 27.9 Å². The molecule has 3 rings (SSSR count). The Balaban J connectivity index is 1.69. The van der Waals surface area contributed by atoms with Crippen LogP contribution in [-0.2, 0) is 21.2 Å². The number of amides is 1. The molecule has 1 fully saturated rings. The molecule has 0 aliphatic carbocycles. The van der Waals surface area contributed by atoms with Crippen LogP contribution in [0.2, 0.25) is 10.0 Å². The van der Waals surface area contributed by atoms with Crippen LogP contribution in [0.3, 0.4) is 0 Å². The molecule has 1 heterocycles. The monoisotopic (exact) mass is 456 g/mol. The number of nitrogens with one attached hydrogen (secondary N) is 2. The van der Waals surface area contributed by atoms with Gasteiger partial charge in [0.2, 0.25) is 10.0 Å². The summed E-state index contributed by atoms with van der Waals surface area (Å²) in [5.74, 6) is -0.460. The summed E-state index contributed by atoms with van der Waals surface area (Å²) in [6.45, 7) is 1.17. The van der Waals surface area contributed by atoms with Crippen molar-refractivity contribution in [2.24, 2.45) is 0 Å². The highest BCUT2D eigenvalue weighted by molar-refractivity contribution is 7.89. The maximum absolute atomic E-state index is 12.7. The Labute approximate surface area is 180 Å². The lowest BCUT2D eigenvalue weighted by Gasteiger charge is -2.14. The van der Waals surface area contributed by atoms with Crippen LogP contribution in [0.5, 0.6) is 0 Å². The Kier molecular flexibility index (Phi) is 7.54. The molecule has 1 saturated heterocycles. The van der Waals surface area contributed by atoms with Gasteiger partial charge in [0.1, 0.15) is 4.90 Å². The molecule has 2 aromatic carbocycles. The second kappa shape index (κ2) is 9.91. The Morgan fingerprint density at radius 3 is 2.59 bits per heavy atom. The summed E-state index contributed by atoms with van der Waals surface area (Å²) in [6, 6.07) is 12.2. The van der Waals surface area contributed by atoms with Crippen molar-refractivity contribution >= 4 is 39.1 Å². The van der Waals surface area contributed by atoms with Crippen LogP contribution in [0.4, 0.5) is 0 Å². The minimum absolute atomic E-state index is 0.0457. The number of benzene rings is 2. The maximum Gasteiger partial charge on any atom is 0.252 e. The fourth-order valence-electron chi connectivity index (χ4n) is 3.06. The quantitative estimate of drug-likeness (QED) is 0.636. The number of rotatable bonds is 8. The summed E-state index contributed by atoms with van der Waals surface area (Å²) in [4.78, 5) is 12.4. The van der Waals surface area contributed by atoms with Crippen molar-refractivity contribution in [3.8, 4) is 0 Å². The first kappa shape index (κ1) is 22.1. The number of carbonyl (C=O) groups is 1. The van der Waals surface area contributed by atoms with E-state index in [2.05, 4.69) is 10.0 Å². The highest BCUT2D eigenvalue weighted by Crippen LogP contribution is 2.29. The van der Waals surface area contributed by atoms with Gasteiger partial charge in [-0.05, 0) is 37.0 Å². The van der Waals surface area contributed by atoms with Crippen molar-refractivity contribution in [1.29, 1.82) is 0 Å². The third kappa shape index (κ3) is 5.93. The summed E-state index contributed by atoms with van der Waals surface area (Å²) in [5.41, 5.74) is 1.14. The number of hydrogen-bond donors (Lipinski definition) is 2. The van der Waals surface area contributed by atoms with Crippen molar-refractivity contribution < 1.29 is 17.9 Å². The van der Waals surface area contributed by atoms with E-state index < -0.39 is 15.9 Å². The van der Waals surface area contributed by atoms with Gasteiger partial charge in [0.15, 0.2) is 0 Å². The van der Waals surface area contributed by atoms with Gasteiger partial charge in [-0.2, -0.15) is 0 Å². The number of sulfonamides is 1. The minimum Gasteiger partial charge on any atom is -0.377 e. The normalized spacial score (nSPS) is 16.7. The predicted molar refractivity (Wildman–Crippen MR) is 113 cm³/mol. The number of carbonyl (C=O) groups excluding carboxylic acids is 1. The highest BCUT2D eigenvalue weighted by Gasteiger charge is 2.24. The zero-order valence-electron chi connectivity index (χ0n) is 15.7. The van der Waals surface area contributed by atoms with E-state index in [1.807, 2.05) is 30.3 Å². The van der Waals surface area contributed by atoms with Gasteiger partial charge >= 0.3 is 0 Å². The summed E-state index contributed by atoms with van der Waals surface area (Å²) in [6.07, 6.45) is 2.19. The van der Waals surface area contributed by atoms with Crippen molar-refractivity contribution in [2.75, 3.05) is 19.7 Å². The summed E-state index contributed by atoms with van der Waals surface area (Å²) in [7, 11) is -3.92. The summed E-state index contributed by atoms with van der Waals surface area (Å²) < 4.78 is 33.3. The van der Waals surface area contributed by atoms with Crippen LogP contribution >= 0.6 is 23.2 Å². The van der Waals surface area contributed by atoms with Gasteiger partial charge in [0.25, 0.3) is 5.91 Å². The van der Waals surface area contributed by atoms with E-state index in [1.165, 1.54) is 12.1 Å². The Bertz CT molecular complexity index is 962. The first-order valence-corrected chi connectivity index (χ1v) is 11.5. The first-order chi connectivity index (χ1) is 13.9. The van der Waals surface area contributed by atoms with E-state index in [9.17, 15) is 13.2 Å². The van der Waals surface area contributed by atoms with Crippen LogP contribution < -0.4 is 10.0 Å². The third-order valence-electron chi connectivity index (χ3n) is 4.62. The molecule has 156 valence electrons. The highest BCUT2D eigenvalue weighted by atomic mass is 35.5. The van der Waals surface area contributed by atoms with Gasteiger partial charge in [0, 0.05) is 19.7 Å². The summed E-state index contributed by atoms with van der Waals surface area (Å²) in [5, 5.41) is 2.80. The molecular weight excluding hydrogens is 435 g/mol. The fraction of sp³-hybridized carbons (Fsp3) is 0.350. The first-order valence-electron chi connectivity index (χ1n) is 9.29. The van der Waals surface area contributed by atoms with Crippen LogP contribution in [0.1, 0.15) is 28.8 Å². The van der Waals surface area contributed by atoms with Crippen LogP contribution in [-0.4, -0.2) is 40.1 Å². The average molecular weight is 457 g/mol. The van der Waals surface area contributed by atoms with Crippen molar-refractivity contribution in [3.63, 3.8) is 0 Å². The number of hydrogen-bond acceptors (Lipinski definition) is 4. The largest absolute Gasteiger partial charge is 0.377 e. The molecule has 1 amide bonds. The SMILES string of the molecule is O=C(NCCc1ccccc1)c1cc(S(=O)(=O)NC[C@@H]2CCCO2)c(Cl)cc1Cl. The van der Waals surface area contributed by atoms with Gasteiger partial charge < -0.3 is 10.1 Å². The van der Waals surface area contributed by atoms with Gasteiger partial charge in [0.05, 0.1) is 21.7 Å². The molecule has 0 radical (unpaired) electrons. The van der Waals surface area contributed by atoms with Crippen LogP contribution in [0.25, 0.3) is 0 Å². The number of halogens is 2. The second-order valence-corrected chi connectivity index (χ2v) is 9.29. The molecule has 0 aromatic heterocycles. The van der Waals surface area contributed by atoms with Crippen LogP contribution in [0.15, 0.2) is 47.4 Å². The molecule has 9 heteroatoms. The molecule has 0 bridgehead atoms. The lowest BCUT2D eigenvalue weighted by molar-refractivity contribution is 0.0954. The predicted octanol–water partition coefficient (Wildman–Crippen LogP) is 3.42. The molecule has 1 atom stereocenters. The topological polar surface area (TPSA) is 84.5 Å².